The number of aliphatic carboxylic acids is 3. The number of aliphatic hydroxyl groups is 10. The van der Waals surface area contributed by atoms with Crippen LogP contribution < -0.4 is 33.2 Å². The van der Waals surface area contributed by atoms with Crippen molar-refractivity contribution in [2.24, 2.45) is 23.1 Å². The molecule has 31 heteroatoms. The van der Waals surface area contributed by atoms with Crippen LogP contribution in [0.1, 0.15) is 119 Å². The molecule has 3 amide bonds. The van der Waals surface area contributed by atoms with E-state index in [1.54, 1.807) is 6.92 Å². The molecule has 0 saturated carbocycles. The summed E-state index contributed by atoms with van der Waals surface area (Å²) in [6.45, 7) is 2.14. The topological polar surface area (TPSA) is 535 Å². The average Bonchev–Trinajstić information content (AvgIpc) is 3.69. The average molecular weight is 1190 g/mol. The number of carbonyl (C=O) groups excluding carboxylic acids is 3. The maximum Gasteiger partial charge on any atom is 0.407 e. The van der Waals surface area contributed by atoms with Crippen LogP contribution in [0.2, 0.25) is 0 Å². The summed E-state index contributed by atoms with van der Waals surface area (Å²) in [5.41, 5.74) is 16.1. The molecule has 3 rings (SSSR count). The molecule has 0 spiro atoms. The molecule has 15 unspecified atom stereocenters. The van der Waals surface area contributed by atoms with Gasteiger partial charge in [-0.15, -0.1) is 0 Å². The van der Waals surface area contributed by atoms with Crippen LogP contribution in [0, 0.1) is 5.92 Å². The minimum Gasteiger partial charge on any atom is -0.481 e. The lowest BCUT2D eigenvalue weighted by molar-refractivity contribution is -0.230. The molecular formula is C50H100N6O25. The Morgan fingerprint density at radius 3 is 1.14 bits per heavy atom. The van der Waals surface area contributed by atoms with Gasteiger partial charge in [0.15, 0.2) is 0 Å². The number of alkyl carbamates (subject to hydrolysis) is 3. The van der Waals surface area contributed by atoms with E-state index >= 15 is 0 Å². The Labute approximate surface area is 473 Å². The summed E-state index contributed by atoms with van der Waals surface area (Å²) in [7, 11) is 0. The standard InChI is InChI=1S/C16H30N2O9.C16H30N2O8.C15H28N2O8.3CH4/c17-9(15(23)24)4-1-2-6-18-16(25)26-7-3-5-10-12(20)14(22)13(21)11(8-19)27-10;1-9-12(19)14(21)13(20)11(26-9)6-4-8-25-16(24)18-7-3-2-5-10(17)15(22)23;16-5-3-9(14(21)22)4-6-17-15(23)24-7-1-2-10-12(19)13(20)11(8-18)25-10;;;/h9-14,19-22H,1-8,17H2,(H,18,25)(H,23,24);9-14,19-21H,2-8,17H2,1H3,(H,18,24)(H,22,23);9-13,18-20H,1-8,16H2,(H,17,23)(H,21,22);3*1H4/t9?,10-,11?,12?,13?,14?;9?,10?,11-,12?,13?,14?;;;;/m00..../s1. The highest BCUT2D eigenvalue weighted by atomic mass is 16.6. The zero-order chi connectivity index (χ0) is 58.9. The van der Waals surface area contributed by atoms with Gasteiger partial charge >= 0.3 is 36.2 Å². The summed E-state index contributed by atoms with van der Waals surface area (Å²) in [5, 5.41) is 130. The van der Waals surface area contributed by atoms with Crippen LogP contribution in [-0.2, 0) is 42.8 Å². The van der Waals surface area contributed by atoms with Gasteiger partial charge in [0.05, 0.1) is 63.4 Å². The highest BCUT2D eigenvalue weighted by Gasteiger charge is 2.44. The summed E-state index contributed by atoms with van der Waals surface area (Å²) in [5.74, 6) is -3.64. The van der Waals surface area contributed by atoms with E-state index in [0.29, 0.717) is 90.1 Å². The molecule has 0 aromatic carbocycles. The molecule has 0 aromatic heterocycles. The smallest absolute Gasteiger partial charge is 0.407 e. The molecule has 0 aromatic rings. The van der Waals surface area contributed by atoms with Crippen LogP contribution >= 0.6 is 0 Å². The first kappa shape index (κ1) is 80.8. The minimum absolute atomic E-state index is 0. The molecule has 81 heavy (non-hydrogen) atoms. The Hall–Kier alpha value is -4.42. The van der Waals surface area contributed by atoms with Crippen molar-refractivity contribution >= 4 is 36.2 Å². The number of amides is 3. The number of carboxylic acids is 3. The summed E-state index contributed by atoms with van der Waals surface area (Å²) in [6.07, 6.45) is -10.4. The third-order valence-corrected chi connectivity index (χ3v) is 12.9. The second kappa shape index (κ2) is 45.1. The van der Waals surface area contributed by atoms with E-state index < -0.39 is 146 Å². The van der Waals surface area contributed by atoms with Crippen LogP contribution in [0.3, 0.4) is 0 Å². The molecule has 0 radical (unpaired) electrons. The first-order valence-corrected chi connectivity index (χ1v) is 26.2. The number of carboxylic acid groups (broad SMARTS) is 3. The lowest BCUT2D eigenvalue weighted by atomic mass is 9.93. The molecule has 22 N–H and O–H groups in total. The first-order chi connectivity index (χ1) is 36.9. The van der Waals surface area contributed by atoms with E-state index in [2.05, 4.69) is 16.0 Å². The molecular weight excluding hydrogens is 1080 g/mol. The van der Waals surface area contributed by atoms with E-state index in [4.69, 9.17) is 71.2 Å². The quantitative estimate of drug-likeness (QED) is 0.0239. The van der Waals surface area contributed by atoms with Crippen LogP contribution in [0.5, 0.6) is 0 Å². The highest BCUT2D eigenvalue weighted by Crippen LogP contribution is 2.26. The Balaban J connectivity index is -0.00000111. The van der Waals surface area contributed by atoms with Crippen LogP contribution in [0.4, 0.5) is 14.4 Å². The van der Waals surface area contributed by atoms with Crippen molar-refractivity contribution in [3.05, 3.63) is 0 Å². The fraction of sp³-hybridized carbons (Fsp3) is 0.880. The molecule has 480 valence electrons. The third kappa shape index (κ3) is 31.7. The van der Waals surface area contributed by atoms with E-state index in [0.717, 1.165) is 0 Å². The van der Waals surface area contributed by atoms with Gasteiger partial charge < -0.3 is 128 Å². The number of unbranched alkanes of at least 4 members (excludes halogenated alkanes) is 2. The number of ether oxygens (including phenoxy) is 6. The number of nitrogens with two attached hydrogens (primary N) is 3. The van der Waals surface area contributed by atoms with Crippen molar-refractivity contribution in [3.63, 3.8) is 0 Å². The Bertz CT molecular complexity index is 1710. The Morgan fingerprint density at radius 2 is 0.778 bits per heavy atom. The molecule has 3 fully saturated rings. The summed E-state index contributed by atoms with van der Waals surface area (Å²) >= 11 is 0. The zero-order valence-electron chi connectivity index (χ0n) is 44.0. The van der Waals surface area contributed by atoms with Crippen molar-refractivity contribution < 1.29 is 124 Å². The van der Waals surface area contributed by atoms with Crippen molar-refractivity contribution in [1.29, 1.82) is 0 Å². The Morgan fingerprint density at radius 1 is 0.444 bits per heavy atom. The van der Waals surface area contributed by atoms with Gasteiger partial charge in [0.2, 0.25) is 0 Å². The normalized spacial score (nSPS) is 27.6. The minimum atomic E-state index is -1.42. The van der Waals surface area contributed by atoms with Crippen LogP contribution in [0.25, 0.3) is 0 Å². The predicted octanol–water partition coefficient (Wildman–Crippen LogP) is -2.82. The van der Waals surface area contributed by atoms with Gasteiger partial charge in [0.25, 0.3) is 0 Å². The fourth-order valence-electron chi connectivity index (χ4n) is 8.06. The van der Waals surface area contributed by atoms with Gasteiger partial charge in [0.1, 0.15) is 73.1 Å². The summed E-state index contributed by atoms with van der Waals surface area (Å²) in [4.78, 5) is 66.5. The number of hydrogen-bond acceptors (Lipinski definition) is 25. The maximum absolute atomic E-state index is 11.5. The number of rotatable bonds is 32. The van der Waals surface area contributed by atoms with Gasteiger partial charge in [-0.3, -0.25) is 14.4 Å². The first-order valence-electron chi connectivity index (χ1n) is 26.2. The molecule has 3 aliphatic rings. The molecule has 3 saturated heterocycles. The van der Waals surface area contributed by atoms with E-state index in [1.165, 1.54) is 0 Å². The molecule has 3 heterocycles. The van der Waals surface area contributed by atoms with E-state index in [-0.39, 0.29) is 74.6 Å². The second-order valence-corrected chi connectivity index (χ2v) is 19.0. The molecule has 0 aliphatic carbocycles. The monoisotopic (exact) mass is 1180 g/mol. The van der Waals surface area contributed by atoms with Crippen LogP contribution in [-0.4, -0.2) is 259 Å². The predicted molar refractivity (Wildman–Crippen MR) is 288 cm³/mol. The number of aliphatic hydroxyl groups excluding tert-OH is 10. The number of nitrogens with one attached hydrogen (secondary N) is 3. The number of carbonyl (C=O) groups is 6. The molecule has 17 atom stereocenters. The Kier molecular flexibility index (Phi) is 45.0. The second-order valence-electron chi connectivity index (χ2n) is 19.0. The lowest BCUT2D eigenvalue weighted by Gasteiger charge is -2.40. The highest BCUT2D eigenvalue weighted by molar-refractivity contribution is 5.73. The lowest BCUT2D eigenvalue weighted by Crippen LogP contribution is -2.58. The van der Waals surface area contributed by atoms with Crippen molar-refractivity contribution in [3.8, 4) is 0 Å². The van der Waals surface area contributed by atoms with Crippen molar-refractivity contribution in [2.75, 3.05) is 59.2 Å². The molecule has 3 aliphatic heterocycles. The summed E-state index contributed by atoms with van der Waals surface area (Å²) in [6, 6.07) is -1.79. The zero-order valence-corrected chi connectivity index (χ0v) is 44.0. The van der Waals surface area contributed by atoms with Crippen molar-refractivity contribution in [2.45, 2.75) is 217 Å². The van der Waals surface area contributed by atoms with Gasteiger partial charge in [-0.1, -0.05) is 22.3 Å². The molecule has 0 bridgehead atoms. The van der Waals surface area contributed by atoms with E-state index in [1.807, 2.05) is 0 Å². The maximum atomic E-state index is 11.5. The van der Waals surface area contributed by atoms with Gasteiger partial charge in [0, 0.05) is 19.6 Å². The summed E-state index contributed by atoms with van der Waals surface area (Å²) < 4.78 is 31.0. The van der Waals surface area contributed by atoms with Gasteiger partial charge in [-0.05, 0) is 103 Å². The fourth-order valence-corrected chi connectivity index (χ4v) is 8.06. The SMILES string of the molecule is C.C.C.CC1O[C@@H](CCCOC(=O)NCCCCC(N)C(=O)O)C(O)C(O)C1O.NC(CCCCNC(=O)OCCC[C@@H]1OC(CO)C(O)C(O)C1O)C(=O)O.NCCC(CCNC(=O)OCCCC1OC(CO)C(O)C1O)C(=O)O. The molecule has 31 nitrogen and oxygen atoms in total. The third-order valence-electron chi connectivity index (χ3n) is 12.9. The van der Waals surface area contributed by atoms with Gasteiger partial charge in [-0.25, -0.2) is 14.4 Å². The van der Waals surface area contributed by atoms with Crippen molar-refractivity contribution in [1.82, 2.24) is 16.0 Å². The van der Waals surface area contributed by atoms with E-state index in [9.17, 15) is 69.6 Å². The number of hydrogen-bond donors (Lipinski definition) is 19. The largest absolute Gasteiger partial charge is 0.481 e. The van der Waals surface area contributed by atoms with Gasteiger partial charge in [-0.2, -0.15) is 0 Å². The van der Waals surface area contributed by atoms with Crippen LogP contribution in [0.15, 0.2) is 0 Å².